The lowest BCUT2D eigenvalue weighted by Gasteiger charge is -2.16. The zero-order valence-corrected chi connectivity index (χ0v) is 13.5. The van der Waals surface area contributed by atoms with E-state index < -0.39 is 21.7 Å². The number of nitrogens with one attached hydrogen (secondary N) is 1. The third kappa shape index (κ3) is 3.60. The van der Waals surface area contributed by atoms with E-state index in [-0.39, 0.29) is 27.1 Å². The van der Waals surface area contributed by atoms with Crippen molar-refractivity contribution in [3.8, 4) is 0 Å². The Kier molecular flexibility index (Phi) is 4.66. The number of carbonyl (C=O) groups is 1. The van der Waals surface area contributed by atoms with E-state index in [1.54, 1.807) is 6.92 Å². The standard InChI is InChI=1S/C12H14BrFN2O4S/c1-6-10(2-3-20-6)16-12(17)7-4-11(21(15,18)19)8(13)5-9(7)14/h4-6,10H,2-3H2,1H3,(H,16,17)(H2,15,18,19). The summed E-state index contributed by atoms with van der Waals surface area (Å²) in [6.07, 6.45) is 0.442. The molecule has 0 bridgehead atoms. The fourth-order valence-corrected chi connectivity index (χ4v) is 3.69. The van der Waals surface area contributed by atoms with Crippen LogP contribution >= 0.6 is 15.9 Å². The summed E-state index contributed by atoms with van der Waals surface area (Å²) in [7, 11) is -4.06. The first-order valence-corrected chi connectivity index (χ1v) is 8.48. The van der Waals surface area contributed by atoms with Gasteiger partial charge in [0, 0.05) is 11.1 Å². The topological polar surface area (TPSA) is 98.5 Å². The molecule has 1 aromatic carbocycles. The molecule has 116 valence electrons. The van der Waals surface area contributed by atoms with E-state index in [9.17, 15) is 17.6 Å². The summed E-state index contributed by atoms with van der Waals surface area (Å²) < 4.78 is 42.0. The SMILES string of the molecule is CC1OCCC1NC(=O)c1cc(S(N)(=O)=O)c(Br)cc1F. The third-order valence-electron chi connectivity index (χ3n) is 3.27. The highest BCUT2D eigenvalue weighted by Gasteiger charge is 2.28. The highest BCUT2D eigenvalue weighted by Crippen LogP contribution is 2.25. The maximum Gasteiger partial charge on any atom is 0.254 e. The van der Waals surface area contributed by atoms with Gasteiger partial charge >= 0.3 is 0 Å². The fraction of sp³-hybridized carbons (Fsp3) is 0.417. The number of amides is 1. The second-order valence-electron chi connectivity index (χ2n) is 4.75. The molecule has 1 aliphatic rings. The lowest BCUT2D eigenvalue weighted by atomic mass is 10.1. The van der Waals surface area contributed by atoms with Crippen LogP contribution in [0.2, 0.25) is 0 Å². The third-order valence-corrected chi connectivity index (χ3v) is 5.13. The van der Waals surface area contributed by atoms with Gasteiger partial charge in [0.2, 0.25) is 10.0 Å². The van der Waals surface area contributed by atoms with E-state index in [2.05, 4.69) is 21.2 Å². The molecule has 1 heterocycles. The summed E-state index contributed by atoms with van der Waals surface area (Å²) >= 11 is 2.91. The predicted molar refractivity (Wildman–Crippen MR) is 76.8 cm³/mol. The van der Waals surface area contributed by atoms with E-state index in [1.165, 1.54) is 0 Å². The zero-order valence-electron chi connectivity index (χ0n) is 11.1. The van der Waals surface area contributed by atoms with Gasteiger partial charge in [-0.2, -0.15) is 0 Å². The molecule has 1 saturated heterocycles. The van der Waals surface area contributed by atoms with Gasteiger partial charge in [0.15, 0.2) is 0 Å². The largest absolute Gasteiger partial charge is 0.376 e. The number of primary sulfonamides is 1. The van der Waals surface area contributed by atoms with E-state index in [0.29, 0.717) is 13.0 Å². The van der Waals surface area contributed by atoms with E-state index >= 15 is 0 Å². The van der Waals surface area contributed by atoms with Gasteiger partial charge in [0.1, 0.15) is 5.82 Å². The van der Waals surface area contributed by atoms with Gasteiger partial charge in [-0.15, -0.1) is 0 Å². The van der Waals surface area contributed by atoms with Crippen molar-refractivity contribution in [1.29, 1.82) is 0 Å². The molecule has 0 aliphatic carbocycles. The molecule has 0 aromatic heterocycles. The van der Waals surface area contributed by atoms with Crippen LogP contribution in [0.1, 0.15) is 23.7 Å². The Hall–Kier alpha value is -1.03. The first-order valence-electron chi connectivity index (χ1n) is 6.14. The average molecular weight is 381 g/mol. The lowest BCUT2D eigenvalue weighted by molar-refractivity contribution is 0.0862. The molecule has 1 fully saturated rings. The van der Waals surface area contributed by atoms with Crippen molar-refractivity contribution in [2.75, 3.05) is 6.61 Å². The summed E-state index contributed by atoms with van der Waals surface area (Å²) in [4.78, 5) is 11.8. The Morgan fingerprint density at radius 1 is 1.52 bits per heavy atom. The minimum absolute atomic E-state index is 0.0309. The zero-order chi connectivity index (χ0) is 15.8. The van der Waals surface area contributed by atoms with E-state index in [0.717, 1.165) is 12.1 Å². The Morgan fingerprint density at radius 2 is 2.19 bits per heavy atom. The second-order valence-corrected chi connectivity index (χ2v) is 7.14. The van der Waals surface area contributed by atoms with Crippen LogP contribution in [-0.2, 0) is 14.8 Å². The molecule has 1 amide bonds. The number of hydrogen-bond donors (Lipinski definition) is 2. The fourth-order valence-electron chi connectivity index (χ4n) is 2.09. The van der Waals surface area contributed by atoms with Crippen LogP contribution in [-0.4, -0.2) is 33.1 Å². The number of hydrogen-bond acceptors (Lipinski definition) is 4. The monoisotopic (exact) mass is 380 g/mol. The summed E-state index contributed by atoms with van der Waals surface area (Å²) in [5, 5.41) is 7.66. The molecule has 1 aliphatic heterocycles. The van der Waals surface area contributed by atoms with Crippen LogP contribution in [0, 0.1) is 5.82 Å². The predicted octanol–water partition coefficient (Wildman–Crippen LogP) is 1.14. The van der Waals surface area contributed by atoms with Crippen molar-refractivity contribution in [2.24, 2.45) is 5.14 Å². The lowest BCUT2D eigenvalue weighted by Crippen LogP contribution is -2.39. The van der Waals surface area contributed by atoms with Crippen LogP contribution < -0.4 is 10.5 Å². The van der Waals surface area contributed by atoms with E-state index in [1.807, 2.05) is 0 Å². The van der Waals surface area contributed by atoms with Crippen LogP contribution in [0.25, 0.3) is 0 Å². The van der Waals surface area contributed by atoms with Crippen molar-refractivity contribution in [1.82, 2.24) is 5.32 Å². The molecule has 2 rings (SSSR count). The van der Waals surface area contributed by atoms with Crippen molar-refractivity contribution in [3.05, 3.63) is 28.0 Å². The molecule has 1 aromatic rings. The van der Waals surface area contributed by atoms with Gasteiger partial charge in [0.25, 0.3) is 5.91 Å². The molecule has 0 spiro atoms. The molecule has 6 nitrogen and oxygen atoms in total. The quantitative estimate of drug-likeness (QED) is 0.821. The number of sulfonamides is 1. The Bertz CT molecular complexity index is 680. The Morgan fingerprint density at radius 3 is 2.71 bits per heavy atom. The molecule has 21 heavy (non-hydrogen) atoms. The normalized spacial score (nSPS) is 22.3. The first kappa shape index (κ1) is 16.3. The van der Waals surface area contributed by atoms with Gasteiger partial charge in [0.05, 0.1) is 22.6 Å². The van der Waals surface area contributed by atoms with Crippen LogP contribution in [0.15, 0.2) is 21.5 Å². The summed E-state index contributed by atoms with van der Waals surface area (Å²) in [6.45, 7) is 2.31. The number of benzene rings is 1. The Labute approximate surface area is 130 Å². The van der Waals surface area contributed by atoms with Gasteiger partial charge in [-0.3, -0.25) is 4.79 Å². The van der Waals surface area contributed by atoms with Crippen LogP contribution in [0.5, 0.6) is 0 Å². The van der Waals surface area contributed by atoms with Crippen molar-refractivity contribution in [2.45, 2.75) is 30.4 Å². The summed E-state index contributed by atoms with van der Waals surface area (Å²) in [5.41, 5.74) is -0.374. The number of nitrogens with two attached hydrogens (primary N) is 1. The Balaban J connectivity index is 2.33. The van der Waals surface area contributed by atoms with Crippen molar-refractivity contribution >= 4 is 31.9 Å². The highest BCUT2D eigenvalue weighted by molar-refractivity contribution is 9.10. The molecule has 9 heteroatoms. The number of rotatable bonds is 3. The maximum atomic E-state index is 13.9. The van der Waals surface area contributed by atoms with Gasteiger partial charge in [-0.1, -0.05) is 0 Å². The smallest absolute Gasteiger partial charge is 0.254 e. The summed E-state index contributed by atoms with van der Waals surface area (Å²) in [5.74, 6) is -1.54. The number of halogens is 2. The molecule has 2 atom stereocenters. The average Bonchev–Trinajstić information content (AvgIpc) is 2.73. The van der Waals surface area contributed by atoms with Crippen LogP contribution in [0.4, 0.5) is 4.39 Å². The van der Waals surface area contributed by atoms with Gasteiger partial charge < -0.3 is 10.1 Å². The van der Waals surface area contributed by atoms with E-state index in [4.69, 9.17) is 9.88 Å². The highest BCUT2D eigenvalue weighted by atomic mass is 79.9. The van der Waals surface area contributed by atoms with Crippen molar-refractivity contribution < 1.29 is 22.3 Å². The van der Waals surface area contributed by atoms with Gasteiger partial charge in [-0.25, -0.2) is 17.9 Å². The maximum absolute atomic E-state index is 13.9. The molecule has 3 N–H and O–H groups in total. The second kappa shape index (κ2) is 5.99. The van der Waals surface area contributed by atoms with Crippen molar-refractivity contribution in [3.63, 3.8) is 0 Å². The molecular formula is C12H14BrFN2O4S. The van der Waals surface area contributed by atoms with Gasteiger partial charge in [-0.05, 0) is 41.4 Å². The summed E-state index contributed by atoms with van der Waals surface area (Å²) in [6, 6.07) is 1.59. The minimum Gasteiger partial charge on any atom is -0.376 e. The molecule has 2 unspecified atom stereocenters. The van der Waals surface area contributed by atoms with Crippen LogP contribution in [0.3, 0.4) is 0 Å². The number of carbonyl (C=O) groups excluding carboxylic acids is 1. The molecule has 0 radical (unpaired) electrons. The first-order chi connectivity index (χ1) is 9.70. The number of ether oxygens (including phenoxy) is 1. The molecule has 0 saturated carbocycles. The minimum atomic E-state index is -4.06. The molecular weight excluding hydrogens is 367 g/mol.